The third kappa shape index (κ3) is 1.86. The van der Waals surface area contributed by atoms with Crippen LogP contribution in [-0.4, -0.2) is 17.3 Å². The van der Waals surface area contributed by atoms with Gasteiger partial charge >= 0.3 is 0 Å². The molecule has 1 N–H and O–H groups in total. The summed E-state index contributed by atoms with van der Waals surface area (Å²) in [5, 5.41) is 9.98. The molecule has 98 valence electrons. The molecule has 0 aliphatic heterocycles. The van der Waals surface area contributed by atoms with Gasteiger partial charge in [-0.3, -0.25) is 0 Å². The number of aliphatic hydroxyl groups is 1. The van der Waals surface area contributed by atoms with Gasteiger partial charge in [0.2, 0.25) is 0 Å². The van der Waals surface area contributed by atoms with Crippen molar-refractivity contribution in [3.05, 3.63) is 28.5 Å². The summed E-state index contributed by atoms with van der Waals surface area (Å²) in [4.78, 5) is 0. The molecule has 1 spiro atoms. The van der Waals surface area contributed by atoms with Crippen LogP contribution in [0.3, 0.4) is 0 Å². The third-order valence-electron chi connectivity index (χ3n) is 4.45. The predicted octanol–water partition coefficient (Wildman–Crippen LogP) is 3.66. The van der Waals surface area contributed by atoms with E-state index in [4.69, 9.17) is 4.74 Å². The summed E-state index contributed by atoms with van der Waals surface area (Å²) in [6.45, 7) is 0. The first kappa shape index (κ1) is 12.4. The topological polar surface area (TPSA) is 29.5 Å². The molecule has 0 radical (unpaired) electrons. The molecule has 4 heteroatoms. The average Bonchev–Trinajstić information content (AvgIpc) is 2.85. The number of ether oxygens (including phenoxy) is 1. The normalized spacial score (nSPS) is 29.3. The van der Waals surface area contributed by atoms with Gasteiger partial charge in [0.25, 0.3) is 0 Å². The van der Waals surface area contributed by atoms with Gasteiger partial charge in [-0.2, -0.15) is 0 Å². The highest BCUT2D eigenvalue weighted by atomic mass is 79.9. The van der Waals surface area contributed by atoms with E-state index in [0.717, 1.165) is 25.7 Å². The molecule has 0 aromatic heterocycles. The maximum atomic E-state index is 13.4. The highest BCUT2D eigenvalue weighted by molar-refractivity contribution is 9.10. The van der Waals surface area contributed by atoms with Crippen molar-refractivity contribution in [3.8, 4) is 5.75 Å². The predicted molar refractivity (Wildman–Crippen MR) is 70.0 cm³/mol. The van der Waals surface area contributed by atoms with Crippen molar-refractivity contribution < 1.29 is 14.2 Å². The van der Waals surface area contributed by atoms with Crippen LogP contribution in [0.15, 0.2) is 22.7 Å². The highest BCUT2D eigenvalue weighted by Gasteiger charge is 2.57. The van der Waals surface area contributed by atoms with E-state index in [1.54, 1.807) is 12.1 Å². The second-order valence-electron chi connectivity index (χ2n) is 5.37. The van der Waals surface area contributed by atoms with Crippen LogP contribution in [0.4, 0.5) is 4.39 Å². The summed E-state index contributed by atoms with van der Waals surface area (Å²) >= 11 is 3.13. The molecule has 2 fully saturated rings. The third-order valence-corrected chi connectivity index (χ3v) is 5.09. The fourth-order valence-corrected chi connectivity index (χ4v) is 3.54. The Labute approximate surface area is 114 Å². The zero-order chi connectivity index (χ0) is 12.8. The molecule has 0 bridgehead atoms. The van der Waals surface area contributed by atoms with E-state index in [1.807, 2.05) is 0 Å². The molecule has 0 saturated heterocycles. The molecule has 2 nitrogen and oxygen atoms in total. The summed E-state index contributed by atoms with van der Waals surface area (Å²) < 4.78 is 19.7. The lowest BCUT2D eigenvalue weighted by molar-refractivity contribution is -0.152. The standard InChI is InChI=1S/C14H16BrFO2/c15-10-4-3-9(7-11(10)16)18-13-8-12(17)14(13)5-1-2-6-14/h3-4,7,12-13,17H,1-2,5-6,8H2. The first-order chi connectivity index (χ1) is 8.62. The van der Waals surface area contributed by atoms with Crippen LogP contribution >= 0.6 is 15.9 Å². The van der Waals surface area contributed by atoms with Gasteiger partial charge < -0.3 is 9.84 Å². The van der Waals surface area contributed by atoms with Crippen LogP contribution in [-0.2, 0) is 0 Å². The summed E-state index contributed by atoms with van der Waals surface area (Å²) in [6.07, 6.45) is 4.82. The molecule has 2 aliphatic rings. The molecular formula is C14H16BrFO2. The van der Waals surface area contributed by atoms with Crippen molar-refractivity contribution in [2.75, 3.05) is 0 Å². The second kappa shape index (κ2) is 4.49. The Balaban J connectivity index is 1.75. The van der Waals surface area contributed by atoms with Crippen LogP contribution in [0, 0.1) is 11.2 Å². The van der Waals surface area contributed by atoms with Crippen molar-refractivity contribution in [1.29, 1.82) is 0 Å². The Kier molecular flexibility index (Phi) is 3.10. The Morgan fingerprint density at radius 3 is 2.67 bits per heavy atom. The van der Waals surface area contributed by atoms with Crippen LogP contribution in [0.5, 0.6) is 5.75 Å². The number of hydrogen-bond acceptors (Lipinski definition) is 2. The Bertz CT molecular complexity index is 457. The lowest BCUT2D eigenvalue weighted by atomic mass is 9.62. The van der Waals surface area contributed by atoms with E-state index in [2.05, 4.69) is 15.9 Å². The monoisotopic (exact) mass is 314 g/mol. The van der Waals surface area contributed by atoms with E-state index in [1.165, 1.54) is 6.07 Å². The summed E-state index contributed by atoms with van der Waals surface area (Å²) in [5.41, 5.74) is -0.0659. The van der Waals surface area contributed by atoms with Gasteiger partial charge in [-0.15, -0.1) is 0 Å². The van der Waals surface area contributed by atoms with Crippen molar-refractivity contribution in [1.82, 2.24) is 0 Å². The Morgan fingerprint density at radius 2 is 2.06 bits per heavy atom. The zero-order valence-corrected chi connectivity index (χ0v) is 11.6. The van der Waals surface area contributed by atoms with E-state index in [0.29, 0.717) is 16.6 Å². The number of rotatable bonds is 2. The Hall–Kier alpha value is -0.610. The number of benzene rings is 1. The van der Waals surface area contributed by atoms with E-state index >= 15 is 0 Å². The van der Waals surface area contributed by atoms with Gasteiger partial charge in [-0.25, -0.2) is 4.39 Å². The van der Waals surface area contributed by atoms with Gasteiger partial charge in [0.15, 0.2) is 0 Å². The number of hydrogen-bond donors (Lipinski definition) is 1. The fraction of sp³-hybridized carbons (Fsp3) is 0.571. The molecular weight excluding hydrogens is 299 g/mol. The first-order valence-corrected chi connectivity index (χ1v) is 7.21. The van der Waals surface area contributed by atoms with Crippen LogP contribution in [0.2, 0.25) is 0 Å². The second-order valence-corrected chi connectivity index (χ2v) is 6.23. The molecule has 1 aromatic rings. The molecule has 0 heterocycles. The SMILES string of the molecule is OC1CC(Oc2ccc(Br)c(F)c2)C12CCCC2. The molecule has 0 amide bonds. The van der Waals surface area contributed by atoms with Crippen LogP contribution < -0.4 is 4.74 Å². The van der Waals surface area contributed by atoms with E-state index in [-0.39, 0.29) is 23.4 Å². The molecule has 1 aromatic carbocycles. The van der Waals surface area contributed by atoms with Gasteiger partial charge in [-0.05, 0) is 40.9 Å². The fourth-order valence-electron chi connectivity index (χ4n) is 3.29. The highest BCUT2D eigenvalue weighted by Crippen LogP contribution is 2.54. The van der Waals surface area contributed by atoms with E-state index in [9.17, 15) is 9.50 Å². The van der Waals surface area contributed by atoms with Gasteiger partial charge in [0, 0.05) is 17.9 Å². The molecule has 2 atom stereocenters. The van der Waals surface area contributed by atoms with Gasteiger partial charge in [0.1, 0.15) is 17.7 Å². The number of aliphatic hydroxyl groups excluding tert-OH is 1. The van der Waals surface area contributed by atoms with Gasteiger partial charge in [-0.1, -0.05) is 12.8 Å². The molecule has 3 rings (SSSR count). The van der Waals surface area contributed by atoms with Crippen molar-refractivity contribution in [2.24, 2.45) is 5.41 Å². The van der Waals surface area contributed by atoms with Crippen LogP contribution in [0.1, 0.15) is 32.1 Å². The first-order valence-electron chi connectivity index (χ1n) is 6.41. The molecule has 18 heavy (non-hydrogen) atoms. The molecule has 2 aliphatic carbocycles. The lowest BCUT2D eigenvalue weighted by Gasteiger charge is -2.51. The quantitative estimate of drug-likeness (QED) is 0.902. The zero-order valence-electron chi connectivity index (χ0n) is 10.0. The lowest BCUT2D eigenvalue weighted by Crippen LogP contribution is -2.58. The van der Waals surface area contributed by atoms with Crippen molar-refractivity contribution in [2.45, 2.75) is 44.3 Å². The minimum absolute atomic E-state index is 0.0376. The van der Waals surface area contributed by atoms with E-state index < -0.39 is 0 Å². The Morgan fingerprint density at radius 1 is 1.33 bits per heavy atom. The summed E-state index contributed by atoms with van der Waals surface area (Å²) in [6, 6.07) is 4.82. The van der Waals surface area contributed by atoms with Crippen molar-refractivity contribution >= 4 is 15.9 Å². The van der Waals surface area contributed by atoms with Crippen LogP contribution in [0.25, 0.3) is 0 Å². The largest absolute Gasteiger partial charge is 0.490 e. The van der Waals surface area contributed by atoms with Gasteiger partial charge in [0.05, 0.1) is 10.6 Å². The summed E-state index contributed by atoms with van der Waals surface area (Å²) in [7, 11) is 0. The average molecular weight is 315 g/mol. The number of halogens is 2. The summed E-state index contributed by atoms with van der Waals surface area (Å²) in [5.74, 6) is 0.242. The molecule has 2 unspecified atom stereocenters. The minimum Gasteiger partial charge on any atom is -0.490 e. The smallest absolute Gasteiger partial charge is 0.141 e. The maximum absolute atomic E-state index is 13.4. The maximum Gasteiger partial charge on any atom is 0.141 e. The molecule has 2 saturated carbocycles. The van der Waals surface area contributed by atoms with Crippen molar-refractivity contribution in [3.63, 3.8) is 0 Å². The minimum atomic E-state index is -0.312.